The molecule has 2 aromatic rings. The average molecular weight is 498 g/mol. The van der Waals surface area contributed by atoms with Crippen LogP contribution in [-0.2, 0) is 24.8 Å². The van der Waals surface area contributed by atoms with Crippen LogP contribution in [0.15, 0.2) is 58.3 Å². The highest BCUT2D eigenvalue weighted by molar-refractivity contribution is 7.89. The Hall–Kier alpha value is -2.67. The number of benzene rings is 2. The van der Waals surface area contributed by atoms with Gasteiger partial charge in [-0.3, -0.25) is 4.79 Å². The summed E-state index contributed by atoms with van der Waals surface area (Å²) in [5, 5.41) is 0. The van der Waals surface area contributed by atoms with Crippen molar-refractivity contribution in [3.63, 3.8) is 0 Å². The monoisotopic (exact) mass is 497 g/mol. The van der Waals surface area contributed by atoms with E-state index in [0.29, 0.717) is 11.5 Å². The molecule has 0 spiro atoms. The zero-order chi connectivity index (χ0) is 24.2. The Morgan fingerprint density at radius 3 is 2.06 bits per heavy atom. The minimum absolute atomic E-state index is 0.0635. The molecule has 1 fully saturated rings. The van der Waals surface area contributed by atoms with Gasteiger partial charge in [-0.05, 0) is 24.3 Å². The van der Waals surface area contributed by atoms with Gasteiger partial charge in [0.15, 0.2) is 11.5 Å². The smallest absolute Gasteiger partial charge is 0.243 e. The molecule has 1 heterocycles. The van der Waals surface area contributed by atoms with Crippen LogP contribution in [-0.4, -0.2) is 90.2 Å². The van der Waals surface area contributed by atoms with E-state index in [1.54, 1.807) is 18.2 Å². The zero-order valence-electron chi connectivity index (χ0n) is 18.7. The molecule has 0 saturated carbocycles. The van der Waals surface area contributed by atoms with Gasteiger partial charge in [0.2, 0.25) is 26.0 Å². The average Bonchev–Trinajstić information content (AvgIpc) is 2.84. The number of sulfonamides is 2. The molecule has 3 rings (SSSR count). The lowest BCUT2D eigenvalue weighted by molar-refractivity contribution is -0.132. The third kappa shape index (κ3) is 5.29. The van der Waals surface area contributed by atoms with E-state index in [2.05, 4.69) is 0 Å². The topological polar surface area (TPSA) is 114 Å². The second-order valence-electron chi connectivity index (χ2n) is 7.38. The lowest BCUT2D eigenvalue weighted by Crippen LogP contribution is -2.52. The second kappa shape index (κ2) is 10.1. The number of methoxy groups -OCH3 is 2. The van der Waals surface area contributed by atoms with E-state index in [-0.39, 0.29) is 48.4 Å². The molecule has 1 aliphatic rings. The van der Waals surface area contributed by atoms with Crippen LogP contribution in [0.4, 0.5) is 0 Å². The Balaban J connectivity index is 1.64. The van der Waals surface area contributed by atoms with Gasteiger partial charge in [0.25, 0.3) is 0 Å². The molecule has 1 amide bonds. The Morgan fingerprint density at radius 2 is 1.48 bits per heavy atom. The van der Waals surface area contributed by atoms with E-state index < -0.39 is 20.0 Å². The zero-order valence-corrected chi connectivity index (χ0v) is 20.3. The molecule has 0 atom stereocenters. The van der Waals surface area contributed by atoms with Crippen molar-refractivity contribution in [3.05, 3.63) is 48.5 Å². The number of rotatable bonds is 8. The van der Waals surface area contributed by atoms with E-state index in [1.165, 1.54) is 60.8 Å². The van der Waals surface area contributed by atoms with Crippen LogP contribution < -0.4 is 9.47 Å². The van der Waals surface area contributed by atoms with E-state index in [0.717, 1.165) is 4.31 Å². The summed E-state index contributed by atoms with van der Waals surface area (Å²) < 4.78 is 64.0. The van der Waals surface area contributed by atoms with Gasteiger partial charge >= 0.3 is 0 Å². The maximum atomic E-state index is 13.0. The van der Waals surface area contributed by atoms with E-state index >= 15 is 0 Å². The van der Waals surface area contributed by atoms with Gasteiger partial charge in [-0.15, -0.1) is 0 Å². The third-order valence-corrected chi connectivity index (χ3v) is 9.11. The number of hydrogen-bond donors (Lipinski definition) is 0. The largest absolute Gasteiger partial charge is 0.493 e. The first-order chi connectivity index (χ1) is 15.6. The van der Waals surface area contributed by atoms with Crippen molar-refractivity contribution in [2.24, 2.45) is 0 Å². The SMILES string of the molecule is COc1ccc(S(=O)(=O)N2CCN(C(=O)CN(C)S(=O)(=O)c3ccccc3)CC2)cc1OC. The highest BCUT2D eigenvalue weighted by Gasteiger charge is 2.32. The standard InChI is InChI=1S/C21H27N3O7S2/c1-22(32(26,27)17-7-5-4-6-8-17)16-21(25)23-11-13-24(14-12-23)33(28,29)18-9-10-19(30-2)20(15-18)31-3/h4-10,15H,11-14,16H2,1-3H3. The van der Waals surface area contributed by atoms with Gasteiger partial charge in [-0.1, -0.05) is 18.2 Å². The summed E-state index contributed by atoms with van der Waals surface area (Å²) in [6.45, 7) is 0.171. The Labute approximate surface area is 194 Å². The van der Waals surface area contributed by atoms with Gasteiger partial charge < -0.3 is 14.4 Å². The Morgan fingerprint density at radius 1 is 0.879 bits per heavy atom. The highest BCUT2D eigenvalue weighted by atomic mass is 32.2. The second-order valence-corrected chi connectivity index (χ2v) is 11.4. The lowest BCUT2D eigenvalue weighted by Gasteiger charge is -2.34. The number of ether oxygens (including phenoxy) is 2. The lowest BCUT2D eigenvalue weighted by atomic mass is 10.3. The molecule has 10 nitrogen and oxygen atoms in total. The number of carbonyl (C=O) groups excluding carboxylic acids is 1. The maximum absolute atomic E-state index is 13.0. The van der Waals surface area contributed by atoms with Crippen LogP contribution in [0, 0.1) is 0 Å². The summed E-state index contributed by atoms with van der Waals surface area (Å²) in [6, 6.07) is 12.2. The van der Waals surface area contributed by atoms with Gasteiger partial charge in [0.1, 0.15) is 0 Å². The quantitative estimate of drug-likeness (QED) is 0.531. The van der Waals surface area contributed by atoms with Gasteiger partial charge in [-0.2, -0.15) is 8.61 Å². The summed E-state index contributed by atoms with van der Waals surface area (Å²) >= 11 is 0. The number of carbonyl (C=O) groups is 1. The first-order valence-corrected chi connectivity index (χ1v) is 13.0. The number of likely N-dealkylation sites (N-methyl/N-ethyl adjacent to an activating group) is 1. The molecule has 0 N–H and O–H groups in total. The van der Waals surface area contributed by atoms with Crippen LogP contribution in [0.1, 0.15) is 0 Å². The molecule has 1 aliphatic heterocycles. The molecule has 0 aliphatic carbocycles. The summed E-state index contributed by atoms with van der Waals surface area (Å²) in [7, 11) is -3.36. The summed E-state index contributed by atoms with van der Waals surface area (Å²) in [5.74, 6) is 0.330. The fraction of sp³-hybridized carbons (Fsp3) is 0.381. The van der Waals surface area contributed by atoms with Crippen molar-refractivity contribution in [1.29, 1.82) is 0 Å². The van der Waals surface area contributed by atoms with Crippen LogP contribution >= 0.6 is 0 Å². The summed E-state index contributed by atoms with van der Waals surface area (Å²) in [5.41, 5.74) is 0. The predicted molar refractivity (Wildman–Crippen MR) is 121 cm³/mol. The summed E-state index contributed by atoms with van der Waals surface area (Å²) in [4.78, 5) is 14.3. The van der Waals surface area contributed by atoms with E-state index in [4.69, 9.17) is 9.47 Å². The van der Waals surface area contributed by atoms with Gasteiger partial charge in [-0.25, -0.2) is 16.8 Å². The van der Waals surface area contributed by atoms with Crippen molar-refractivity contribution in [1.82, 2.24) is 13.5 Å². The van der Waals surface area contributed by atoms with Crippen molar-refractivity contribution in [2.45, 2.75) is 9.79 Å². The molecule has 0 radical (unpaired) electrons. The fourth-order valence-corrected chi connectivity index (χ4v) is 6.03. The molecule has 1 saturated heterocycles. The normalized spacial score (nSPS) is 15.5. The Kier molecular flexibility index (Phi) is 7.62. The van der Waals surface area contributed by atoms with Crippen molar-refractivity contribution < 1.29 is 31.1 Å². The maximum Gasteiger partial charge on any atom is 0.243 e. The van der Waals surface area contributed by atoms with Gasteiger partial charge in [0, 0.05) is 39.3 Å². The molecule has 180 valence electrons. The first kappa shape index (κ1) is 25.0. The molecule has 0 aromatic heterocycles. The number of amides is 1. The molecule has 0 unspecified atom stereocenters. The summed E-state index contributed by atoms with van der Waals surface area (Å²) in [6.07, 6.45) is 0. The first-order valence-electron chi connectivity index (χ1n) is 10.1. The fourth-order valence-electron chi connectivity index (χ4n) is 3.45. The van der Waals surface area contributed by atoms with Crippen LogP contribution in [0.25, 0.3) is 0 Å². The van der Waals surface area contributed by atoms with Crippen molar-refractivity contribution in [3.8, 4) is 11.5 Å². The number of nitrogens with zero attached hydrogens (tertiary/aromatic N) is 3. The number of hydrogen-bond acceptors (Lipinski definition) is 7. The van der Waals surface area contributed by atoms with E-state index in [1.807, 2.05) is 0 Å². The molecular formula is C21H27N3O7S2. The Bertz CT molecular complexity index is 1190. The molecule has 33 heavy (non-hydrogen) atoms. The predicted octanol–water partition coefficient (Wildman–Crippen LogP) is 0.857. The van der Waals surface area contributed by atoms with Crippen molar-refractivity contribution in [2.75, 3.05) is 54.0 Å². The van der Waals surface area contributed by atoms with Gasteiger partial charge in [0.05, 0.1) is 30.6 Å². The minimum atomic E-state index is -3.80. The molecular weight excluding hydrogens is 470 g/mol. The number of piperazine rings is 1. The molecule has 12 heteroatoms. The van der Waals surface area contributed by atoms with Crippen molar-refractivity contribution >= 4 is 26.0 Å². The van der Waals surface area contributed by atoms with Crippen LogP contribution in [0.5, 0.6) is 11.5 Å². The van der Waals surface area contributed by atoms with Crippen LogP contribution in [0.2, 0.25) is 0 Å². The third-order valence-electron chi connectivity index (χ3n) is 5.39. The van der Waals surface area contributed by atoms with E-state index in [9.17, 15) is 21.6 Å². The molecule has 2 aromatic carbocycles. The highest BCUT2D eigenvalue weighted by Crippen LogP contribution is 2.31. The molecule has 0 bridgehead atoms. The van der Waals surface area contributed by atoms with Crippen LogP contribution in [0.3, 0.4) is 0 Å². The minimum Gasteiger partial charge on any atom is -0.493 e.